The van der Waals surface area contributed by atoms with E-state index < -0.39 is 0 Å². The number of nitrogens with one attached hydrogen (secondary N) is 1. The summed E-state index contributed by atoms with van der Waals surface area (Å²) in [6.07, 6.45) is 16.0. The molecule has 1 amide bonds. The number of ether oxygens (including phenoxy) is 2. The Hall–Kier alpha value is -5.96. The molecule has 210 valence electrons. The van der Waals surface area contributed by atoms with Crippen LogP contribution in [0.4, 0.5) is 11.6 Å². The van der Waals surface area contributed by atoms with Gasteiger partial charge in [0.15, 0.2) is 6.26 Å². The van der Waals surface area contributed by atoms with Crippen molar-refractivity contribution in [3.8, 4) is 22.5 Å². The van der Waals surface area contributed by atoms with Gasteiger partial charge in [0.25, 0.3) is 5.91 Å². The van der Waals surface area contributed by atoms with E-state index in [-0.39, 0.29) is 5.91 Å². The molecule has 7 rings (SSSR count). The number of benzene rings is 2. The van der Waals surface area contributed by atoms with Gasteiger partial charge in [-0.15, -0.1) is 0 Å². The number of carbonyl (C=O) groups is 1. The van der Waals surface area contributed by atoms with Gasteiger partial charge >= 0.3 is 0 Å². The largest absolute Gasteiger partial charge is 0.464 e. The van der Waals surface area contributed by atoms with Gasteiger partial charge in [0.1, 0.15) is 18.2 Å². The van der Waals surface area contributed by atoms with E-state index in [4.69, 9.17) is 19.6 Å². The lowest BCUT2D eigenvalue weighted by atomic mass is 10.0. The van der Waals surface area contributed by atoms with Crippen molar-refractivity contribution in [2.45, 2.75) is 12.8 Å². The van der Waals surface area contributed by atoms with Crippen LogP contribution in [0.25, 0.3) is 28.0 Å². The number of aromatic nitrogens is 4. The molecule has 1 aliphatic carbocycles. The maximum Gasteiger partial charge on any atom is 0.255 e. The number of nitrogens with zero attached hydrogens (tertiary/aromatic N) is 5. The van der Waals surface area contributed by atoms with Crippen LogP contribution in [0.2, 0.25) is 0 Å². The fourth-order valence-electron chi connectivity index (χ4n) is 5.09. The molecule has 1 N–H and O–H groups in total. The number of rotatable bonds is 7. The maximum atomic E-state index is 12.9. The number of hydrogen-bond donors (Lipinski definition) is 1. The van der Waals surface area contributed by atoms with Crippen molar-refractivity contribution < 1.29 is 14.3 Å². The first-order valence-corrected chi connectivity index (χ1v) is 13.9. The van der Waals surface area contributed by atoms with Crippen molar-refractivity contribution in [1.82, 2.24) is 19.6 Å². The first kappa shape index (κ1) is 26.0. The molecule has 2 aliphatic rings. The third-order valence-corrected chi connectivity index (χ3v) is 7.06. The summed E-state index contributed by atoms with van der Waals surface area (Å²) in [4.78, 5) is 24.4. The summed E-state index contributed by atoms with van der Waals surface area (Å²) in [5, 5.41) is 7.94. The Morgan fingerprint density at radius 3 is 2.72 bits per heavy atom. The molecule has 0 saturated carbocycles. The SMILES string of the molecule is O=C(Nc1cccc(-c2nn3ccccc3c2-c2ccnc(N(C3=CC=CCC3)C3=COC=CO3)n2)c1)c1ccccc1. The fraction of sp³-hybridized carbons (Fsp3) is 0.0588. The Balaban J connectivity index is 1.31. The van der Waals surface area contributed by atoms with Gasteiger partial charge in [-0.3, -0.25) is 4.79 Å². The van der Waals surface area contributed by atoms with Crippen molar-refractivity contribution >= 4 is 23.1 Å². The smallest absolute Gasteiger partial charge is 0.255 e. The second-order valence-corrected chi connectivity index (χ2v) is 9.84. The third kappa shape index (κ3) is 5.27. The van der Waals surface area contributed by atoms with E-state index in [2.05, 4.69) is 16.4 Å². The quantitative estimate of drug-likeness (QED) is 0.225. The van der Waals surface area contributed by atoms with Gasteiger partial charge < -0.3 is 14.8 Å². The zero-order valence-electron chi connectivity index (χ0n) is 23.0. The Morgan fingerprint density at radius 2 is 1.88 bits per heavy atom. The molecule has 9 nitrogen and oxygen atoms in total. The summed E-state index contributed by atoms with van der Waals surface area (Å²) in [7, 11) is 0. The van der Waals surface area contributed by atoms with Crippen LogP contribution in [-0.2, 0) is 9.47 Å². The van der Waals surface area contributed by atoms with Gasteiger partial charge in [0.05, 0.1) is 16.8 Å². The summed E-state index contributed by atoms with van der Waals surface area (Å²) in [6, 6.07) is 24.6. The second kappa shape index (κ2) is 11.5. The molecule has 0 atom stereocenters. The number of hydrogen-bond acceptors (Lipinski definition) is 7. The molecule has 0 saturated heterocycles. The molecule has 2 aromatic carbocycles. The number of pyridine rings is 1. The van der Waals surface area contributed by atoms with Gasteiger partial charge in [0, 0.05) is 34.9 Å². The highest BCUT2D eigenvalue weighted by atomic mass is 16.5. The highest BCUT2D eigenvalue weighted by Gasteiger charge is 2.25. The van der Waals surface area contributed by atoms with Crippen LogP contribution in [0.1, 0.15) is 23.2 Å². The molecular weight excluding hydrogens is 540 g/mol. The monoisotopic (exact) mass is 566 g/mol. The van der Waals surface area contributed by atoms with Crippen molar-refractivity contribution in [3.63, 3.8) is 0 Å². The Kier molecular flexibility index (Phi) is 6.94. The summed E-state index contributed by atoms with van der Waals surface area (Å²) in [6.45, 7) is 0. The lowest BCUT2D eigenvalue weighted by Gasteiger charge is -2.28. The van der Waals surface area contributed by atoms with Crippen molar-refractivity contribution in [3.05, 3.63) is 145 Å². The average molecular weight is 567 g/mol. The highest BCUT2D eigenvalue weighted by Crippen LogP contribution is 2.36. The minimum absolute atomic E-state index is 0.182. The summed E-state index contributed by atoms with van der Waals surface area (Å²) in [5.74, 6) is 0.718. The zero-order valence-corrected chi connectivity index (χ0v) is 23.0. The first-order chi connectivity index (χ1) is 21.2. The minimum Gasteiger partial charge on any atom is -0.464 e. The Labute approximate surface area is 247 Å². The van der Waals surface area contributed by atoms with E-state index >= 15 is 0 Å². The van der Waals surface area contributed by atoms with Crippen LogP contribution < -0.4 is 10.2 Å². The summed E-state index contributed by atoms with van der Waals surface area (Å²) in [5.41, 5.74) is 6.18. The van der Waals surface area contributed by atoms with E-state index in [0.29, 0.717) is 28.8 Å². The number of allylic oxidation sites excluding steroid dienone is 4. The molecule has 0 spiro atoms. The molecule has 3 aromatic heterocycles. The molecule has 1 aliphatic heterocycles. The van der Waals surface area contributed by atoms with Crippen molar-refractivity contribution in [2.75, 3.05) is 10.2 Å². The molecular formula is C34H26N6O3. The molecule has 9 heteroatoms. The minimum atomic E-state index is -0.182. The number of amides is 1. The second-order valence-electron chi connectivity index (χ2n) is 9.84. The standard InChI is InChI=1S/C34H26N6O3/c41-33(24-10-3-1-4-11-24)36-26-13-9-12-25(22-26)32-31(29-16-7-8-19-39(29)38-32)28-17-18-35-34(37-28)40(27-14-5-2-6-15-27)30-23-42-20-21-43-30/h1-5,7-14,16-23H,6,15H2,(H,36,41). The molecule has 0 unspecified atom stereocenters. The van der Waals surface area contributed by atoms with Crippen LogP contribution in [0.15, 0.2) is 140 Å². The van der Waals surface area contributed by atoms with Crippen LogP contribution in [0.5, 0.6) is 0 Å². The van der Waals surface area contributed by atoms with Gasteiger partial charge in [-0.25, -0.2) is 19.4 Å². The first-order valence-electron chi connectivity index (χ1n) is 13.9. The van der Waals surface area contributed by atoms with Gasteiger partial charge in [-0.1, -0.05) is 48.6 Å². The normalized spacial score (nSPS) is 14.0. The van der Waals surface area contributed by atoms with Gasteiger partial charge in [-0.2, -0.15) is 5.10 Å². The van der Waals surface area contributed by atoms with E-state index in [1.807, 2.05) is 94.5 Å². The Morgan fingerprint density at radius 1 is 0.977 bits per heavy atom. The van der Waals surface area contributed by atoms with Crippen LogP contribution in [-0.4, -0.2) is 25.5 Å². The Bertz CT molecular complexity index is 1940. The van der Waals surface area contributed by atoms with Gasteiger partial charge in [-0.05, 0) is 61.4 Å². The van der Waals surface area contributed by atoms with Crippen molar-refractivity contribution in [2.24, 2.45) is 0 Å². The molecule has 4 heterocycles. The third-order valence-electron chi connectivity index (χ3n) is 7.06. The zero-order chi connectivity index (χ0) is 29.0. The van der Waals surface area contributed by atoms with E-state index in [1.54, 1.807) is 18.3 Å². The molecule has 0 bridgehead atoms. The van der Waals surface area contributed by atoms with Crippen molar-refractivity contribution in [1.29, 1.82) is 0 Å². The lowest BCUT2D eigenvalue weighted by molar-refractivity contribution is 0.102. The highest BCUT2D eigenvalue weighted by molar-refractivity contribution is 6.04. The van der Waals surface area contributed by atoms with Crippen LogP contribution in [0, 0.1) is 0 Å². The average Bonchev–Trinajstić information content (AvgIpc) is 3.47. The van der Waals surface area contributed by atoms with E-state index in [9.17, 15) is 4.79 Å². The molecule has 0 fully saturated rings. The lowest BCUT2D eigenvalue weighted by Crippen LogP contribution is -2.26. The van der Waals surface area contributed by atoms with E-state index in [0.717, 1.165) is 40.9 Å². The maximum absolute atomic E-state index is 12.9. The van der Waals surface area contributed by atoms with Crippen LogP contribution >= 0.6 is 0 Å². The molecule has 5 aromatic rings. The predicted octanol–water partition coefficient (Wildman–Crippen LogP) is 7.07. The molecule has 0 radical (unpaired) electrons. The number of carbonyl (C=O) groups excluding carboxylic acids is 1. The fourth-order valence-corrected chi connectivity index (χ4v) is 5.09. The van der Waals surface area contributed by atoms with E-state index in [1.165, 1.54) is 18.8 Å². The predicted molar refractivity (Wildman–Crippen MR) is 164 cm³/mol. The summed E-state index contributed by atoms with van der Waals surface area (Å²) >= 11 is 0. The number of fused-ring (bicyclic) bond motifs is 1. The molecule has 43 heavy (non-hydrogen) atoms. The topological polar surface area (TPSA) is 93.9 Å². The van der Waals surface area contributed by atoms with Crippen LogP contribution in [0.3, 0.4) is 0 Å². The number of anilines is 2. The van der Waals surface area contributed by atoms with Gasteiger partial charge in [0.2, 0.25) is 11.8 Å². The summed E-state index contributed by atoms with van der Waals surface area (Å²) < 4.78 is 13.1.